The van der Waals surface area contributed by atoms with Crippen molar-refractivity contribution in [2.24, 2.45) is 0 Å². The molecule has 0 fully saturated rings. The van der Waals surface area contributed by atoms with Gasteiger partial charge in [0.2, 0.25) is 5.82 Å². The fourth-order valence-corrected chi connectivity index (χ4v) is 4.04. The van der Waals surface area contributed by atoms with Crippen LogP contribution in [0.25, 0.3) is 0 Å². The molecular weight excluding hydrogens is 494 g/mol. The lowest BCUT2D eigenvalue weighted by atomic mass is 10.1. The summed E-state index contributed by atoms with van der Waals surface area (Å²) in [5.41, 5.74) is 4.26. The van der Waals surface area contributed by atoms with Gasteiger partial charge in [0, 0.05) is 37.6 Å². The first-order valence-electron chi connectivity index (χ1n) is 10.8. The maximum absolute atomic E-state index is 12.3. The molecule has 0 amide bonds. The van der Waals surface area contributed by atoms with Gasteiger partial charge in [-0.3, -0.25) is 15.1 Å². The standard InChI is InChI=1S/C26H24BrN5O2/c1-19-12-13-22(15-28-19)16-29-23-14-24(27)30-26(25(23)32(33)34)31(17-20-8-4-2-5-9-20)18-21-10-6-3-7-11-21/h2-15H,16-18H2,1H3,(H,29,30). The van der Waals surface area contributed by atoms with Crippen LogP contribution in [0.15, 0.2) is 89.7 Å². The highest BCUT2D eigenvalue weighted by Crippen LogP contribution is 2.37. The summed E-state index contributed by atoms with van der Waals surface area (Å²) in [5, 5.41) is 15.5. The first-order chi connectivity index (χ1) is 16.5. The van der Waals surface area contributed by atoms with Crippen molar-refractivity contribution in [2.75, 3.05) is 10.2 Å². The van der Waals surface area contributed by atoms with Crippen LogP contribution in [0.3, 0.4) is 0 Å². The van der Waals surface area contributed by atoms with Crippen molar-refractivity contribution >= 4 is 33.1 Å². The number of halogens is 1. The average molecular weight is 518 g/mol. The minimum atomic E-state index is -0.368. The summed E-state index contributed by atoms with van der Waals surface area (Å²) in [5.74, 6) is 0.302. The van der Waals surface area contributed by atoms with Crippen molar-refractivity contribution in [2.45, 2.75) is 26.6 Å². The van der Waals surface area contributed by atoms with Gasteiger partial charge in [-0.1, -0.05) is 66.7 Å². The highest BCUT2D eigenvalue weighted by atomic mass is 79.9. The zero-order chi connectivity index (χ0) is 23.9. The number of rotatable bonds is 9. The lowest BCUT2D eigenvalue weighted by molar-refractivity contribution is -0.383. The van der Waals surface area contributed by atoms with E-state index in [0.717, 1.165) is 22.4 Å². The summed E-state index contributed by atoms with van der Waals surface area (Å²) in [6, 6.07) is 25.3. The second-order valence-electron chi connectivity index (χ2n) is 7.91. The van der Waals surface area contributed by atoms with E-state index in [2.05, 4.69) is 31.2 Å². The number of nitrogens with one attached hydrogen (secondary N) is 1. The monoisotopic (exact) mass is 517 g/mol. The van der Waals surface area contributed by atoms with Gasteiger partial charge in [-0.15, -0.1) is 0 Å². The summed E-state index contributed by atoms with van der Waals surface area (Å²) in [6.07, 6.45) is 1.77. The quantitative estimate of drug-likeness (QED) is 0.160. The Bertz CT molecular complexity index is 1210. The molecule has 2 heterocycles. The highest BCUT2D eigenvalue weighted by molar-refractivity contribution is 9.10. The van der Waals surface area contributed by atoms with Crippen LogP contribution >= 0.6 is 15.9 Å². The molecule has 0 saturated carbocycles. The van der Waals surface area contributed by atoms with E-state index in [4.69, 9.17) is 0 Å². The number of hydrogen-bond donors (Lipinski definition) is 1. The van der Waals surface area contributed by atoms with E-state index in [1.807, 2.05) is 84.6 Å². The Hall–Kier alpha value is -3.78. The number of aryl methyl sites for hydroxylation is 1. The average Bonchev–Trinajstić information content (AvgIpc) is 2.84. The van der Waals surface area contributed by atoms with E-state index in [1.165, 1.54) is 0 Å². The van der Waals surface area contributed by atoms with Gasteiger partial charge in [0.15, 0.2) is 0 Å². The predicted molar refractivity (Wildman–Crippen MR) is 138 cm³/mol. The molecule has 0 aliphatic carbocycles. The molecule has 8 heteroatoms. The molecule has 7 nitrogen and oxygen atoms in total. The van der Waals surface area contributed by atoms with Crippen LogP contribution in [0.4, 0.5) is 17.2 Å². The van der Waals surface area contributed by atoms with Crippen LogP contribution in [0, 0.1) is 17.0 Å². The third-order valence-corrected chi connectivity index (χ3v) is 5.72. The number of nitro groups is 1. The molecule has 2 aromatic carbocycles. The molecule has 0 aliphatic heterocycles. The lowest BCUT2D eigenvalue weighted by Crippen LogP contribution is -2.24. The Labute approximate surface area is 206 Å². The molecule has 4 aromatic rings. The molecule has 172 valence electrons. The first-order valence-corrected chi connectivity index (χ1v) is 11.6. The molecule has 0 aliphatic rings. The fourth-order valence-electron chi connectivity index (χ4n) is 3.64. The molecular formula is C26H24BrN5O2. The third kappa shape index (κ3) is 5.96. The molecule has 0 saturated heterocycles. The van der Waals surface area contributed by atoms with Gasteiger partial charge in [-0.25, -0.2) is 4.98 Å². The summed E-state index contributed by atoms with van der Waals surface area (Å²) in [6.45, 7) is 3.27. The van der Waals surface area contributed by atoms with Crippen molar-refractivity contribution in [3.8, 4) is 0 Å². The van der Waals surface area contributed by atoms with Crippen LogP contribution < -0.4 is 10.2 Å². The van der Waals surface area contributed by atoms with E-state index < -0.39 is 0 Å². The molecule has 0 bridgehead atoms. The van der Waals surface area contributed by atoms with Gasteiger partial charge in [0.05, 0.1) is 4.92 Å². The molecule has 1 N–H and O–H groups in total. The topological polar surface area (TPSA) is 84.2 Å². The minimum Gasteiger partial charge on any atom is -0.375 e. The Morgan fingerprint density at radius 2 is 1.56 bits per heavy atom. The van der Waals surface area contributed by atoms with Crippen LogP contribution in [0.5, 0.6) is 0 Å². The third-order valence-electron chi connectivity index (χ3n) is 5.31. The van der Waals surface area contributed by atoms with Crippen molar-refractivity contribution in [1.82, 2.24) is 9.97 Å². The Morgan fingerprint density at radius 1 is 0.941 bits per heavy atom. The molecule has 0 atom stereocenters. The largest absolute Gasteiger partial charge is 0.375 e. The van der Waals surface area contributed by atoms with Crippen molar-refractivity contribution in [3.05, 3.63) is 122 Å². The first kappa shape index (κ1) is 23.4. The van der Waals surface area contributed by atoms with Crippen molar-refractivity contribution in [3.63, 3.8) is 0 Å². The van der Waals surface area contributed by atoms with Crippen LogP contribution in [-0.2, 0) is 19.6 Å². The molecule has 0 unspecified atom stereocenters. The fraction of sp³-hybridized carbons (Fsp3) is 0.154. The molecule has 4 rings (SSSR count). The highest BCUT2D eigenvalue weighted by Gasteiger charge is 2.27. The number of pyridine rings is 2. The Morgan fingerprint density at radius 3 is 2.09 bits per heavy atom. The van der Waals surface area contributed by atoms with E-state index in [0.29, 0.717) is 35.7 Å². The van der Waals surface area contributed by atoms with E-state index in [1.54, 1.807) is 12.3 Å². The van der Waals surface area contributed by atoms with Gasteiger partial charge in [0.1, 0.15) is 10.3 Å². The number of anilines is 2. The number of hydrogen-bond acceptors (Lipinski definition) is 6. The molecule has 34 heavy (non-hydrogen) atoms. The van der Waals surface area contributed by atoms with Crippen molar-refractivity contribution < 1.29 is 4.92 Å². The normalized spacial score (nSPS) is 10.6. The van der Waals surface area contributed by atoms with E-state index in [9.17, 15) is 10.1 Å². The number of nitrogens with zero attached hydrogens (tertiary/aromatic N) is 4. The SMILES string of the molecule is Cc1ccc(CNc2cc(Br)nc(N(Cc3ccccc3)Cc3ccccc3)c2[N+](=O)[O-])cn1. The molecule has 2 aromatic heterocycles. The zero-order valence-corrected chi connectivity index (χ0v) is 20.3. The number of aromatic nitrogens is 2. The van der Waals surface area contributed by atoms with Gasteiger partial charge in [-0.05, 0) is 45.6 Å². The second kappa shape index (κ2) is 10.9. The van der Waals surface area contributed by atoms with Gasteiger partial charge >= 0.3 is 5.69 Å². The Balaban J connectivity index is 1.73. The van der Waals surface area contributed by atoms with E-state index in [-0.39, 0.29) is 10.6 Å². The van der Waals surface area contributed by atoms with E-state index >= 15 is 0 Å². The van der Waals surface area contributed by atoms with Crippen molar-refractivity contribution in [1.29, 1.82) is 0 Å². The summed E-state index contributed by atoms with van der Waals surface area (Å²) in [4.78, 5) is 22.7. The van der Waals surface area contributed by atoms with Crippen LogP contribution in [0.1, 0.15) is 22.4 Å². The smallest absolute Gasteiger partial charge is 0.334 e. The second-order valence-corrected chi connectivity index (χ2v) is 8.72. The minimum absolute atomic E-state index is 0.0601. The maximum Gasteiger partial charge on any atom is 0.334 e. The van der Waals surface area contributed by atoms with Gasteiger partial charge in [-0.2, -0.15) is 0 Å². The van der Waals surface area contributed by atoms with Crippen LogP contribution in [-0.4, -0.2) is 14.9 Å². The summed E-state index contributed by atoms with van der Waals surface area (Å²) >= 11 is 3.46. The van der Waals surface area contributed by atoms with Gasteiger partial charge in [0.25, 0.3) is 0 Å². The summed E-state index contributed by atoms with van der Waals surface area (Å²) in [7, 11) is 0. The van der Waals surface area contributed by atoms with Crippen LogP contribution in [0.2, 0.25) is 0 Å². The predicted octanol–water partition coefficient (Wildman–Crippen LogP) is 6.27. The zero-order valence-electron chi connectivity index (χ0n) is 18.7. The van der Waals surface area contributed by atoms with Gasteiger partial charge < -0.3 is 10.2 Å². The lowest BCUT2D eigenvalue weighted by Gasteiger charge is -2.25. The maximum atomic E-state index is 12.3. The molecule has 0 spiro atoms. The Kier molecular flexibility index (Phi) is 7.49. The molecule has 0 radical (unpaired) electrons. The number of benzene rings is 2. The summed E-state index contributed by atoms with van der Waals surface area (Å²) < 4.78 is 0.517.